The van der Waals surface area contributed by atoms with E-state index in [2.05, 4.69) is 15.9 Å². The lowest BCUT2D eigenvalue weighted by Crippen LogP contribution is -2.59. The number of ether oxygens (including phenoxy) is 2. The Bertz CT molecular complexity index is 1410. The van der Waals surface area contributed by atoms with Crippen LogP contribution in [0.25, 0.3) is 0 Å². The highest BCUT2D eigenvalue weighted by Gasteiger charge is 2.75. The number of aliphatic hydroxyl groups is 1. The van der Waals surface area contributed by atoms with Gasteiger partial charge in [0.2, 0.25) is 17.7 Å². The molecule has 4 heterocycles. The number of amides is 3. The average molecular weight is 699 g/mol. The molecule has 0 radical (unpaired) electrons. The lowest BCUT2D eigenvalue weighted by atomic mass is 9.74. The molecule has 5 aliphatic rings. The van der Waals surface area contributed by atoms with Crippen LogP contribution >= 0.6 is 15.9 Å². The van der Waals surface area contributed by atoms with Gasteiger partial charge in [-0.1, -0.05) is 77.7 Å². The van der Waals surface area contributed by atoms with Crippen molar-refractivity contribution in [2.45, 2.75) is 101 Å². The van der Waals surface area contributed by atoms with Crippen molar-refractivity contribution in [2.24, 2.45) is 11.8 Å². The van der Waals surface area contributed by atoms with E-state index in [0.29, 0.717) is 17.4 Å². The molecule has 1 aliphatic carbocycles. The van der Waals surface area contributed by atoms with E-state index in [9.17, 15) is 24.3 Å². The number of rotatable bonds is 4. The molecular formula is C35H44BrN3O7. The smallest absolute Gasteiger partial charge is 0.313 e. The molecule has 3 amide bonds. The van der Waals surface area contributed by atoms with Crippen molar-refractivity contribution in [2.75, 3.05) is 20.2 Å². The Morgan fingerprint density at radius 2 is 1.74 bits per heavy atom. The van der Waals surface area contributed by atoms with Gasteiger partial charge >= 0.3 is 5.97 Å². The zero-order valence-corrected chi connectivity index (χ0v) is 28.3. The van der Waals surface area contributed by atoms with Crippen LogP contribution in [-0.4, -0.2) is 99.6 Å². The number of benzene rings is 1. The Hall–Kier alpha value is -3.02. The first-order valence-electron chi connectivity index (χ1n) is 16.6. The standard InChI is InChI=1S/C35H44BrN3O7/c1-21(20-40)39-31-33(43)38(24-15-9-5-10-16-24)18-12-6-11-17-26(41)37(3)22(2)29(23-13-7-4-8-14-23)45-34(44)27-28(32(39)42)35(31)19-25(36)30(27)46-35/h4,6-8,12-14,19,21-22,24,27-31,40H,5,9-11,15-18,20H2,1-3H3/b12-6-/t21-,22-,27+,28-,29+,30+,31+,35-/m1/s1. The van der Waals surface area contributed by atoms with Crippen molar-refractivity contribution >= 4 is 39.6 Å². The van der Waals surface area contributed by atoms with Gasteiger partial charge < -0.3 is 29.3 Å². The van der Waals surface area contributed by atoms with Crippen LogP contribution in [0.4, 0.5) is 0 Å². The number of carbonyl (C=O) groups is 4. The third kappa shape index (κ3) is 5.52. The van der Waals surface area contributed by atoms with Crippen LogP contribution in [0, 0.1) is 11.8 Å². The number of carbonyl (C=O) groups excluding carboxylic acids is 4. The monoisotopic (exact) mass is 697 g/mol. The lowest BCUT2D eigenvalue weighted by Gasteiger charge is -2.41. The van der Waals surface area contributed by atoms with Crippen LogP contribution in [0.3, 0.4) is 0 Å². The predicted octanol–water partition coefficient (Wildman–Crippen LogP) is 3.88. The molecule has 46 heavy (non-hydrogen) atoms. The van der Waals surface area contributed by atoms with Crippen molar-refractivity contribution in [1.82, 2.24) is 14.7 Å². The number of likely N-dealkylation sites (N-methyl/N-ethyl adjacent to an activating group) is 1. The molecule has 8 atom stereocenters. The summed E-state index contributed by atoms with van der Waals surface area (Å²) < 4.78 is 13.5. The Morgan fingerprint density at radius 3 is 2.43 bits per heavy atom. The zero-order valence-electron chi connectivity index (χ0n) is 26.7. The number of cyclic esters (lactones) is 1. The molecule has 1 aromatic carbocycles. The molecule has 1 N–H and O–H groups in total. The van der Waals surface area contributed by atoms with Gasteiger partial charge in [-0.15, -0.1) is 0 Å². The molecule has 248 valence electrons. The van der Waals surface area contributed by atoms with Crippen LogP contribution < -0.4 is 0 Å². The summed E-state index contributed by atoms with van der Waals surface area (Å²) >= 11 is 3.61. The summed E-state index contributed by atoms with van der Waals surface area (Å²) in [6.45, 7) is 3.54. The summed E-state index contributed by atoms with van der Waals surface area (Å²) in [6, 6.07) is 7.01. The Kier molecular flexibility index (Phi) is 9.47. The summed E-state index contributed by atoms with van der Waals surface area (Å²) in [7, 11) is 1.71. The normalized spacial score (nSPS) is 35.7. The maximum atomic E-state index is 14.9. The summed E-state index contributed by atoms with van der Waals surface area (Å²) in [6.07, 6.45) is 9.63. The SMILES string of the molecule is C[C@@H]1[C@@H](c2ccccc2)OC(=O)[C@@H]2[C@H]3O[C@@]4(C=C3Br)[C@H](C(=O)N(C3CCCCC3)C/C=C\CCC(=O)N1C)N([C@H](C)CO)C(=O)[C@@H]24. The molecule has 1 saturated carbocycles. The van der Waals surface area contributed by atoms with Crippen LogP contribution in [0.1, 0.15) is 70.5 Å². The van der Waals surface area contributed by atoms with E-state index in [-0.39, 0.29) is 30.9 Å². The van der Waals surface area contributed by atoms with Gasteiger partial charge in [0.15, 0.2) is 0 Å². The van der Waals surface area contributed by atoms with E-state index < -0.39 is 59.6 Å². The Labute approximate surface area is 278 Å². The third-order valence-electron chi connectivity index (χ3n) is 10.7. The third-order valence-corrected chi connectivity index (χ3v) is 11.4. The average Bonchev–Trinajstić information content (AvgIpc) is 3.67. The second-order valence-corrected chi connectivity index (χ2v) is 14.3. The second-order valence-electron chi connectivity index (χ2n) is 13.4. The predicted molar refractivity (Wildman–Crippen MR) is 173 cm³/mol. The quantitative estimate of drug-likeness (QED) is 0.375. The van der Waals surface area contributed by atoms with Gasteiger partial charge in [0.25, 0.3) is 0 Å². The van der Waals surface area contributed by atoms with E-state index in [1.54, 1.807) is 24.9 Å². The molecule has 1 spiro atoms. The molecule has 0 unspecified atom stereocenters. The molecular weight excluding hydrogens is 654 g/mol. The Morgan fingerprint density at radius 1 is 1.02 bits per heavy atom. The van der Waals surface area contributed by atoms with Crippen molar-refractivity contribution < 1.29 is 33.8 Å². The molecule has 10 nitrogen and oxygen atoms in total. The van der Waals surface area contributed by atoms with Gasteiger partial charge in [-0.05, 0) is 44.7 Å². The maximum absolute atomic E-state index is 14.9. The van der Waals surface area contributed by atoms with Gasteiger partial charge in [-0.25, -0.2) is 0 Å². The maximum Gasteiger partial charge on any atom is 0.313 e. The molecule has 2 saturated heterocycles. The van der Waals surface area contributed by atoms with Crippen molar-refractivity contribution in [3.63, 3.8) is 0 Å². The van der Waals surface area contributed by atoms with E-state index >= 15 is 0 Å². The number of allylic oxidation sites excluding steroid dienone is 1. The van der Waals surface area contributed by atoms with Crippen LogP contribution in [-0.2, 0) is 28.7 Å². The van der Waals surface area contributed by atoms with Gasteiger partial charge in [-0.3, -0.25) is 19.2 Å². The minimum Gasteiger partial charge on any atom is -0.455 e. The number of hydrogen-bond donors (Lipinski definition) is 1. The van der Waals surface area contributed by atoms with Gasteiger partial charge in [0.05, 0.1) is 24.6 Å². The van der Waals surface area contributed by atoms with Crippen LogP contribution in [0.2, 0.25) is 0 Å². The highest BCUT2D eigenvalue weighted by atomic mass is 79.9. The van der Waals surface area contributed by atoms with E-state index in [1.165, 1.54) is 4.90 Å². The topological polar surface area (TPSA) is 117 Å². The first kappa shape index (κ1) is 32.9. The highest BCUT2D eigenvalue weighted by molar-refractivity contribution is 9.11. The summed E-state index contributed by atoms with van der Waals surface area (Å²) in [4.78, 5) is 62.0. The van der Waals surface area contributed by atoms with Gasteiger partial charge in [0, 0.05) is 30.5 Å². The number of aliphatic hydroxyl groups excluding tert-OH is 1. The number of fused-ring (bicyclic) bond motifs is 2. The van der Waals surface area contributed by atoms with Crippen LogP contribution in [0.5, 0.6) is 0 Å². The van der Waals surface area contributed by atoms with Crippen molar-refractivity contribution in [1.29, 1.82) is 0 Å². The van der Waals surface area contributed by atoms with Gasteiger partial charge in [0.1, 0.15) is 29.8 Å². The fourth-order valence-corrected chi connectivity index (χ4v) is 8.88. The van der Waals surface area contributed by atoms with Gasteiger partial charge in [-0.2, -0.15) is 0 Å². The molecule has 5 bridgehead atoms. The largest absolute Gasteiger partial charge is 0.455 e. The molecule has 4 aliphatic heterocycles. The number of hydrogen-bond acceptors (Lipinski definition) is 7. The summed E-state index contributed by atoms with van der Waals surface area (Å²) in [5.74, 6) is -3.42. The Balaban J connectivity index is 1.46. The van der Waals surface area contributed by atoms with E-state index in [0.717, 1.165) is 37.7 Å². The van der Waals surface area contributed by atoms with Crippen LogP contribution in [0.15, 0.2) is 53.0 Å². The summed E-state index contributed by atoms with van der Waals surface area (Å²) in [5.41, 5.74) is -0.686. The first-order chi connectivity index (χ1) is 22.1. The highest BCUT2D eigenvalue weighted by Crippen LogP contribution is 2.59. The lowest BCUT2D eigenvalue weighted by molar-refractivity contribution is -0.164. The van der Waals surface area contributed by atoms with E-state index in [1.807, 2.05) is 54.3 Å². The molecule has 11 heteroatoms. The van der Waals surface area contributed by atoms with Crippen molar-refractivity contribution in [3.05, 3.63) is 58.6 Å². The first-order valence-corrected chi connectivity index (χ1v) is 17.4. The number of nitrogens with zero attached hydrogens (tertiary/aromatic N) is 3. The minimum atomic E-state index is -1.41. The number of likely N-dealkylation sites (tertiary alicyclic amines) is 1. The fraction of sp³-hybridized carbons (Fsp3) is 0.600. The molecule has 0 aromatic heterocycles. The molecule has 1 aromatic rings. The zero-order chi connectivity index (χ0) is 32.7. The fourth-order valence-electron chi connectivity index (χ4n) is 8.15. The molecule has 6 rings (SSSR count). The number of esters is 1. The van der Waals surface area contributed by atoms with Crippen molar-refractivity contribution in [3.8, 4) is 0 Å². The summed E-state index contributed by atoms with van der Waals surface area (Å²) in [5, 5.41) is 10.3. The number of halogens is 1. The van der Waals surface area contributed by atoms with E-state index in [4.69, 9.17) is 9.47 Å². The second kappa shape index (κ2) is 13.2. The minimum absolute atomic E-state index is 0.0168. The molecule has 3 fully saturated rings.